The van der Waals surface area contributed by atoms with E-state index in [1.807, 2.05) is 30.9 Å². The Balaban J connectivity index is 1.58. The van der Waals surface area contributed by atoms with Crippen LogP contribution in [-0.4, -0.2) is 41.2 Å². The lowest BCUT2D eigenvalue weighted by Crippen LogP contribution is -2.33. The van der Waals surface area contributed by atoms with Gasteiger partial charge in [-0.25, -0.2) is 19.9 Å². The first kappa shape index (κ1) is 17.5. The molecule has 27 heavy (non-hydrogen) atoms. The molecule has 4 heterocycles. The van der Waals surface area contributed by atoms with E-state index in [0.29, 0.717) is 5.95 Å². The van der Waals surface area contributed by atoms with E-state index >= 15 is 0 Å². The van der Waals surface area contributed by atoms with Crippen LogP contribution in [0.25, 0.3) is 0 Å². The van der Waals surface area contributed by atoms with Crippen molar-refractivity contribution < 1.29 is 0 Å². The van der Waals surface area contributed by atoms with Gasteiger partial charge in [0.2, 0.25) is 5.95 Å². The molecule has 1 aliphatic heterocycles. The summed E-state index contributed by atoms with van der Waals surface area (Å²) in [7, 11) is 1.95. The van der Waals surface area contributed by atoms with Crippen molar-refractivity contribution in [2.24, 2.45) is 7.05 Å². The second kappa shape index (κ2) is 7.79. The summed E-state index contributed by atoms with van der Waals surface area (Å²) in [6.07, 6.45) is 11.0. The molecule has 3 aromatic heterocycles. The van der Waals surface area contributed by atoms with Crippen LogP contribution in [0.3, 0.4) is 0 Å². The Morgan fingerprint density at radius 3 is 2.81 bits per heavy atom. The van der Waals surface area contributed by atoms with Gasteiger partial charge in [0.1, 0.15) is 11.6 Å². The molecule has 140 valence electrons. The van der Waals surface area contributed by atoms with Gasteiger partial charge < -0.3 is 5.32 Å². The summed E-state index contributed by atoms with van der Waals surface area (Å²) >= 11 is 0. The third-order valence-electron chi connectivity index (χ3n) is 4.76. The van der Waals surface area contributed by atoms with Crippen molar-refractivity contribution in [3.63, 3.8) is 0 Å². The summed E-state index contributed by atoms with van der Waals surface area (Å²) in [6.45, 7) is 3.87. The number of anilines is 2. The van der Waals surface area contributed by atoms with Gasteiger partial charge in [0.25, 0.3) is 0 Å². The highest BCUT2D eigenvalue weighted by Crippen LogP contribution is 2.32. The van der Waals surface area contributed by atoms with Crippen molar-refractivity contribution in [1.29, 1.82) is 0 Å². The number of likely N-dealkylation sites (tertiary alicyclic amines) is 1. The molecule has 0 bridgehead atoms. The monoisotopic (exact) mass is 364 g/mol. The first-order chi connectivity index (χ1) is 13.2. The average molecular weight is 364 g/mol. The third-order valence-corrected chi connectivity index (χ3v) is 4.76. The fourth-order valence-corrected chi connectivity index (χ4v) is 3.61. The molecular weight excluding hydrogens is 340 g/mol. The predicted octanol–water partition coefficient (Wildman–Crippen LogP) is 2.78. The number of rotatable bonds is 5. The van der Waals surface area contributed by atoms with Crippen molar-refractivity contribution in [3.8, 4) is 0 Å². The Hall–Kier alpha value is -2.87. The van der Waals surface area contributed by atoms with Gasteiger partial charge in [-0.05, 0) is 32.4 Å². The molecule has 1 N–H and O–H groups in total. The molecule has 4 rings (SSSR count). The van der Waals surface area contributed by atoms with Crippen LogP contribution in [0.15, 0.2) is 36.9 Å². The zero-order valence-corrected chi connectivity index (χ0v) is 15.7. The number of aryl methyl sites for hydroxylation is 2. The normalized spacial score (nSPS) is 17.8. The summed E-state index contributed by atoms with van der Waals surface area (Å²) in [6, 6.07) is 4.09. The van der Waals surface area contributed by atoms with Crippen LogP contribution in [0.5, 0.6) is 0 Å². The summed E-state index contributed by atoms with van der Waals surface area (Å²) in [5.74, 6) is 2.02. The Morgan fingerprint density at radius 1 is 1.19 bits per heavy atom. The Kier molecular flexibility index (Phi) is 5.06. The van der Waals surface area contributed by atoms with Crippen molar-refractivity contribution in [3.05, 3.63) is 54.0 Å². The predicted molar refractivity (Wildman–Crippen MR) is 102 cm³/mol. The fraction of sp³-hybridized carbons (Fsp3) is 0.421. The molecule has 0 unspecified atom stereocenters. The highest BCUT2D eigenvalue weighted by molar-refractivity contribution is 5.48. The molecular formula is C19H24N8. The van der Waals surface area contributed by atoms with E-state index in [9.17, 15) is 0 Å². The zero-order chi connectivity index (χ0) is 18.6. The standard InChI is InChI=1S/C19H24N8/c1-14-23-16(10-18(24-14)25-19-20-7-5-8-21-19)17-6-3-4-9-27(17)13-15-11-22-26(2)12-15/h5,7-8,10-12,17H,3-4,6,9,13H2,1-2H3,(H,20,21,23,24,25)/t17-/m1/s1. The van der Waals surface area contributed by atoms with Gasteiger partial charge >= 0.3 is 0 Å². The van der Waals surface area contributed by atoms with Crippen LogP contribution in [0, 0.1) is 6.92 Å². The van der Waals surface area contributed by atoms with Crippen molar-refractivity contribution in [1.82, 2.24) is 34.6 Å². The molecule has 1 saturated heterocycles. The topological polar surface area (TPSA) is 84.7 Å². The lowest BCUT2D eigenvalue weighted by atomic mass is 9.98. The molecule has 8 nitrogen and oxygen atoms in total. The van der Waals surface area contributed by atoms with E-state index in [0.717, 1.165) is 36.8 Å². The second-order valence-electron chi connectivity index (χ2n) is 6.93. The molecule has 1 atom stereocenters. The summed E-state index contributed by atoms with van der Waals surface area (Å²) < 4.78 is 1.85. The quantitative estimate of drug-likeness (QED) is 0.745. The number of piperidine rings is 1. The van der Waals surface area contributed by atoms with Crippen molar-refractivity contribution in [2.45, 2.75) is 38.8 Å². The lowest BCUT2D eigenvalue weighted by molar-refractivity contribution is 0.137. The van der Waals surface area contributed by atoms with E-state index in [1.54, 1.807) is 18.5 Å². The highest BCUT2D eigenvalue weighted by Gasteiger charge is 2.26. The van der Waals surface area contributed by atoms with E-state index < -0.39 is 0 Å². The van der Waals surface area contributed by atoms with Gasteiger partial charge in [0.15, 0.2) is 0 Å². The van der Waals surface area contributed by atoms with E-state index in [-0.39, 0.29) is 6.04 Å². The van der Waals surface area contributed by atoms with Gasteiger partial charge in [0.05, 0.1) is 17.9 Å². The smallest absolute Gasteiger partial charge is 0.228 e. The minimum absolute atomic E-state index is 0.276. The number of nitrogens with zero attached hydrogens (tertiary/aromatic N) is 7. The Morgan fingerprint density at radius 2 is 2.04 bits per heavy atom. The molecule has 0 aliphatic carbocycles. The molecule has 1 fully saturated rings. The van der Waals surface area contributed by atoms with Crippen LogP contribution in [-0.2, 0) is 13.6 Å². The summed E-state index contributed by atoms with van der Waals surface area (Å²) in [5.41, 5.74) is 2.27. The minimum Gasteiger partial charge on any atom is -0.309 e. The zero-order valence-electron chi connectivity index (χ0n) is 15.7. The Labute approximate surface area is 158 Å². The van der Waals surface area contributed by atoms with Crippen LogP contribution in [0.4, 0.5) is 11.8 Å². The minimum atomic E-state index is 0.276. The molecule has 0 aromatic carbocycles. The van der Waals surface area contributed by atoms with Crippen LogP contribution in [0.2, 0.25) is 0 Å². The first-order valence-corrected chi connectivity index (χ1v) is 9.28. The Bertz CT molecular complexity index is 892. The van der Waals surface area contributed by atoms with Gasteiger partial charge in [-0.2, -0.15) is 5.10 Å². The molecule has 0 spiro atoms. The molecule has 0 radical (unpaired) electrons. The van der Waals surface area contributed by atoms with Gasteiger partial charge in [-0.3, -0.25) is 9.58 Å². The third kappa shape index (κ3) is 4.28. The fourth-order valence-electron chi connectivity index (χ4n) is 3.61. The largest absolute Gasteiger partial charge is 0.309 e. The summed E-state index contributed by atoms with van der Waals surface area (Å²) in [5, 5.41) is 7.48. The van der Waals surface area contributed by atoms with Crippen LogP contribution >= 0.6 is 0 Å². The van der Waals surface area contributed by atoms with Gasteiger partial charge in [-0.1, -0.05) is 6.42 Å². The maximum atomic E-state index is 4.74. The molecule has 0 amide bonds. The number of aromatic nitrogens is 6. The van der Waals surface area contributed by atoms with Gasteiger partial charge in [-0.15, -0.1) is 0 Å². The van der Waals surface area contributed by atoms with E-state index in [2.05, 4.69) is 36.5 Å². The van der Waals surface area contributed by atoms with E-state index in [1.165, 1.54) is 18.4 Å². The lowest BCUT2D eigenvalue weighted by Gasteiger charge is -2.35. The van der Waals surface area contributed by atoms with Crippen molar-refractivity contribution in [2.75, 3.05) is 11.9 Å². The highest BCUT2D eigenvalue weighted by atomic mass is 15.2. The molecule has 8 heteroatoms. The molecule has 1 aliphatic rings. The summed E-state index contributed by atoms with van der Waals surface area (Å²) in [4.78, 5) is 20.2. The first-order valence-electron chi connectivity index (χ1n) is 9.28. The molecule has 0 saturated carbocycles. The SMILES string of the molecule is Cc1nc(Nc2ncccn2)cc([C@H]2CCCCN2Cc2cnn(C)c2)n1. The van der Waals surface area contributed by atoms with Crippen LogP contribution in [0.1, 0.15) is 42.4 Å². The number of hydrogen-bond acceptors (Lipinski definition) is 7. The maximum absolute atomic E-state index is 4.74. The average Bonchev–Trinajstić information content (AvgIpc) is 3.07. The van der Waals surface area contributed by atoms with Gasteiger partial charge in [0, 0.05) is 43.8 Å². The number of nitrogens with one attached hydrogen (secondary N) is 1. The second-order valence-corrected chi connectivity index (χ2v) is 6.93. The number of hydrogen-bond donors (Lipinski definition) is 1. The van der Waals surface area contributed by atoms with Crippen LogP contribution < -0.4 is 5.32 Å². The van der Waals surface area contributed by atoms with Crippen molar-refractivity contribution >= 4 is 11.8 Å². The maximum Gasteiger partial charge on any atom is 0.228 e. The molecule has 3 aromatic rings. The van der Waals surface area contributed by atoms with E-state index in [4.69, 9.17) is 4.98 Å².